The molecule has 0 aromatic rings. The maximum Gasteiger partial charge on any atom is 0.331 e. The molecule has 46 heavy (non-hydrogen) atoms. The van der Waals surface area contributed by atoms with Crippen LogP contribution in [0, 0.1) is 0 Å². The molecule has 0 radical (unpaired) electrons. The number of aliphatic hydroxyl groups excluding tert-OH is 7. The van der Waals surface area contributed by atoms with E-state index in [0.717, 1.165) is 11.1 Å². The molecule has 264 valence electrons. The molecule has 0 saturated carbocycles. The molecule has 0 aliphatic carbocycles. The first-order valence-electron chi connectivity index (χ1n) is 15.3. The maximum absolute atomic E-state index is 11.8. The van der Waals surface area contributed by atoms with Crippen LogP contribution in [0.5, 0.6) is 0 Å². The summed E-state index contributed by atoms with van der Waals surface area (Å²) in [5.74, 6) is -1.08. The lowest BCUT2D eigenvalue weighted by Crippen LogP contribution is -2.82. The van der Waals surface area contributed by atoms with E-state index in [4.69, 9.17) is 19.3 Å². The molecule has 14 heteroatoms. The van der Waals surface area contributed by atoms with Gasteiger partial charge >= 0.3 is 5.97 Å². The van der Waals surface area contributed by atoms with Crippen molar-refractivity contribution in [2.45, 2.75) is 126 Å². The highest BCUT2D eigenvalue weighted by atomic mass is 16.7. The van der Waals surface area contributed by atoms with Crippen molar-refractivity contribution in [3.63, 3.8) is 0 Å². The van der Waals surface area contributed by atoms with Crippen LogP contribution in [0.15, 0.2) is 47.6 Å². The van der Waals surface area contributed by atoms with E-state index in [-0.39, 0.29) is 12.0 Å². The molecule has 2 rings (SSSR count). The Balaban J connectivity index is 2.16. The lowest BCUT2D eigenvalue weighted by atomic mass is 9.68. The van der Waals surface area contributed by atoms with Gasteiger partial charge in [0, 0.05) is 5.57 Å². The van der Waals surface area contributed by atoms with E-state index in [9.17, 15) is 50.8 Å². The lowest BCUT2D eigenvalue weighted by Gasteiger charge is -2.58. The fraction of sp³-hybridized carbons (Fsp3) is 0.719. The first-order valence-corrected chi connectivity index (χ1v) is 15.3. The molecule has 11 atom stereocenters. The molecule has 14 nitrogen and oxygen atoms in total. The van der Waals surface area contributed by atoms with E-state index in [2.05, 4.69) is 6.58 Å². The number of carboxylic acid groups (broad SMARTS) is 1. The molecular weight excluding hydrogens is 608 g/mol. The van der Waals surface area contributed by atoms with Crippen molar-refractivity contribution in [1.29, 1.82) is 0 Å². The van der Waals surface area contributed by atoms with Gasteiger partial charge in [0.2, 0.25) is 0 Å². The second kappa shape index (κ2) is 16.9. The van der Waals surface area contributed by atoms with E-state index < -0.39 is 91.6 Å². The highest BCUT2D eigenvalue weighted by Gasteiger charge is 2.71. The Morgan fingerprint density at radius 2 is 1.59 bits per heavy atom. The molecule has 2 aliphatic rings. The SMILES string of the molecule is C=CC(C)(CCC=C(C)CCC=C(C)CC(O)C=C(C)C(=O)O)O[C@@H]1O[C@H](CO)[C@@H](O)[C@H](O)[C@]1(O)[C@@]1(O)CO[C@H](CO)[C@@H](O)[C@@H]1O. The smallest absolute Gasteiger partial charge is 0.331 e. The highest BCUT2D eigenvalue weighted by molar-refractivity contribution is 5.85. The van der Waals surface area contributed by atoms with Crippen molar-refractivity contribution in [2.24, 2.45) is 0 Å². The standard InChI is InChI=1S/C32H52O14/c1-6-30(5,12-8-11-18(2)9-7-10-19(3)13-21(35)14-20(4)28(40)41)46-29-32(43,27(39)25(37)23(16-34)45-29)31(42)17-44-22(15-33)24(36)26(31)38/h6,10-11,14,21-27,29,33-39,42-43H,1,7-9,12-13,15-17H2,2-5H3,(H,40,41)/t21?,22-,23-,24-,25-,26+,27+,29+,30?,31-,32-/m1/s1. The van der Waals surface area contributed by atoms with Crippen molar-refractivity contribution >= 4 is 5.97 Å². The minimum Gasteiger partial charge on any atom is -0.478 e. The monoisotopic (exact) mass is 660 g/mol. The summed E-state index contributed by atoms with van der Waals surface area (Å²) in [7, 11) is 0. The molecule has 0 aromatic heterocycles. The van der Waals surface area contributed by atoms with Gasteiger partial charge in [0.25, 0.3) is 0 Å². The van der Waals surface area contributed by atoms with Gasteiger partial charge in [-0.2, -0.15) is 0 Å². The molecular formula is C32H52O14. The second-order valence-electron chi connectivity index (χ2n) is 12.6. The van der Waals surface area contributed by atoms with E-state index in [0.29, 0.717) is 25.7 Å². The van der Waals surface area contributed by atoms with Gasteiger partial charge in [-0.15, -0.1) is 6.58 Å². The zero-order chi connectivity index (χ0) is 35.0. The minimum atomic E-state index is -3.01. The van der Waals surface area contributed by atoms with Crippen LogP contribution >= 0.6 is 0 Å². The van der Waals surface area contributed by atoms with E-state index >= 15 is 0 Å². The van der Waals surface area contributed by atoms with Crippen LogP contribution in [0.3, 0.4) is 0 Å². The second-order valence-corrected chi connectivity index (χ2v) is 12.6. The topological polar surface area (TPSA) is 247 Å². The van der Waals surface area contributed by atoms with Crippen molar-refractivity contribution in [3.05, 3.63) is 47.6 Å². The molecule has 2 aliphatic heterocycles. The minimum absolute atomic E-state index is 0.0720. The van der Waals surface area contributed by atoms with E-state index in [1.54, 1.807) is 6.92 Å². The van der Waals surface area contributed by atoms with Gasteiger partial charge in [-0.3, -0.25) is 0 Å². The van der Waals surface area contributed by atoms with E-state index in [1.165, 1.54) is 19.1 Å². The van der Waals surface area contributed by atoms with Crippen molar-refractivity contribution in [2.75, 3.05) is 19.8 Å². The fourth-order valence-corrected chi connectivity index (χ4v) is 5.63. The number of hydrogen-bond acceptors (Lipinski definition) is 13. The fourth-order valence-electron chi connectivity index (χ4n) is 5.63. The van der Waals surface area contributed by atoms with Gasteiger partial charge in [-0.05, 0) is 65.9 Å². The van der Waals surface area contributed by atoms with Crippen molar-refractivity contribution in [1.82, 2.24) is 0 Å². The first-order chi connectivity index (χ1) is 21.4. The largest absolute Gasteiger partial charge is 0.478 e. The number of hydrogen-bond donors (Lipinski definition) is 10. The van der Waals surface area contributed by atoms with Crippen LogP contribution in [-0.4, -0.2) is 143 Å². The summed E-state index contributed by atoms with van der Waals surface area (Å²) in [6, 6.07) is 0. The van der Waals surface area contributed by atoms with Gasteiger partial charge in [-0.25, -0.2) is 4.79 Å². The van der Waals surface area contributed by atoms with Crippen LogP contribution in [0.1, 0.15) is 59.8 Å². The van der Waals surface area contributed by atoms with Gasteiger partial charge in [-0.1, -0.05) is 29.4 Å². The molecule has 0 aromatic carbocycles. The molecule has 0 bridgehead atoms. The lowest BCUT2D eigenvalue weighted by molar-refractivity contribution is -0.415. The third-order valence-corrected chi connectivity index (χ3v) is 8.86. The predicted molar refractivity (Wildman–Crippen MR) is 164 cm³/mol. The van der Waals surface area contributed by atoms with Crippen molar-refractivity contribution < 1.29 is 70.1 Å². The zero-order valence-electron chi connectivity index (χ0n) is 26.9. The van der Waals surface area contributed by atoms with Crippen molar-refractivity contribution in [3.8, 4) is 0 Å². The summed E-state index contributed by atoms with van der Waals surface area (Å²) < 4.78 is 17.0. The third kappa shape index (κ3) is 9.09. The molecule has 10 N–H and O–H groups in total. The number of ether oxygens (including phenoxy) is 3. The highest BCUT2D eigenvalue weighted by Crippen LogP contribution is 2.45. The Hall–Kier alpha value is -2.05. The normalized spacial score (nSPS) is 36.6. The predicted octanol–water partition coefficient (Wildman–Crippen LogP) is -0.803. The van der Waals surface area contributed by atoms with Crippen LogP contribution in [-0.2, 0) is 19.0 Å². The first kappa shape index (κ1) is 40.1. The molecule has 0 spiro atoms. The number of aliphatic carboxylic acids is 1. The quantitative estimate of drug-likeness (QED) is 0.0719. The molecule has 2 unspecified atom stereocenters. The Kier molecular flexibility index (Phi) is 14.7. The van der Waals surface area contributed by atoms with Crippen LogP contribution in [0.4, 0.5) is 0 Å². The number of rotatable bonds is 16. The molecule has 2 fully saturated rings. The van der Waals surface area contributed by atoms with Crippen LogP contribution in [0.25, 0.3) is 0 Å². The number of allylic oxidation sites excluding steroid dienone is 3. The Labute approximate surface area is 269 Å². The molecule has 0 amide bonds. The Morgan fingerprint density at radius 3 is 2.15 bits per heavy atom. The van der Waals surface area contributed by atoms with Gasteiger partial charge in [0.15, 0.2) is 17.5 Å². The van der Waals surface area contributed by atoms with Gasteiger partial charge in [0.05, 0.1) is 31.5 Å². The average Bonchev–Trinajstić information content (AvgIpc) is 3.00. The Bertz CT molecular complexity index is 1120. The summed E-state index contributed by atoms with van der Waals surface area (Å²) in [5, 5.41) is 105. The summed E-state index contributed by atoms with van der Waals surface area (Å²) in [4.78, 5) is 10.9. The van der Waals surface area contributed by atoms with Gasteiger partial charge in [0.1, 0.15) is 36.6 Å². The third-order valence-electron chi connectivity index (χ3n) is 8.86. The molecule has 2 saturated heterocycles. The number of aliphatic hydroxyl groups is 9. The summed E-state index contributed by atoms with van der Waals surface area (Å²) in [5.41, 5.74) is -5.14. The molecule has 2 heterocycles. The maximum atomic E-state index is 11.8. The van der Waals surface area contributed by atoms with Crippen LogP contribution < -0.4 is 0 Å². The Morgan fingerprint density at radius 1 is 1.00 bits per heavy atom. The average molecular weight is 661 g/mol. The van der Waals surface area contributed by atoms with Gasteiger partial charge < -0.3 is 65.3 Å². The van der Waals surface area contributed by atoms with E-state index in [1.807, 2.05) is 26.0 Å². The zero-order valence-corrected chi connectivity index (χ0v) is 26.9. The van der Waals surface area contributed by atoms with Crippen LogP contribution in [0.2, 0.25) is 0 Å². The summed E-state index contributed by atoms with van der Waals surface area (Å²) in [6.45, 7) is 8.21. The number of carboxylic acids is 1. The number of carbonyl (C=O) groups is 1. The summed E-state index contributed by atoms with van der Waals surface area (Å²) in [6.07, 6.45) is -4.88. The summed E-state index contributed by atoms with van der Waals surface area (Å²) >= 11 is 0.